The summed E-state index contributed by atoms with van der Waals surface area (Å²) in [6.07, 6.45) is 10.9. The lowest BCUT2D eigenvalue weighted by Gasteiger charge is -2.12. The van der Waals surface area contributed by atoms with Gasteiger partial charge in [0, 0.05) is 24.7 Å². The Kier molecular flexibility index (Phi) is 5.07. The van der Waals surface area contributed by atoms with Crippen LogP contribution in [0.25, 0.3) is 11.8 Å². The number of benzene rings is 2. The minimum absolute atomic E-state index is 0.0125. The van der Waals surface area contributed by atoms with Gasteiger partial charge in [0.15, 0.2) is 9.84 Å². The van der Waals surface area contributed by atoms with Gasteiger partial charge in [0.05, 0.1) is 23.0 Å². The average molecular weight is 407 g/mol. The van der Waals surface area contributed by atoms with E-state index in [9.17, 15) is 13.2 Å². The number of fused-ring (bicyclic) bond motifs is 1. The zero-order valence-corrected chi connectivity index (χ0v) is 16.8. The van der Waals surface area contributed by atoms with Crippen molar-refractivity contribution in [3.63, 3.8) is 0 Å². The Morgan fingerprint density at radius 2 is 2.07 bits per heavy atom. The largest absolute Gasteiger partial charge is 0.346 e. The molecule has 1 aromatic heterocycles. The van der Waals surface area contributed by atoms with E-state index < -0.39 is 9.84 Å². The van der Waals surface area contributed by atoms with Crippen molar-refractivity contribution in [3.8, 4) is 5.69 Å². The van der Waals surface area contributed by atoms with Crippen LogP contribution < -0.4 is 5.32 Å². The maximum absolute atomic E-state index is 12.4. The molecule has 4 rings (SSSR count). The highest BCUT2D eigenvalue weighted by molar-refractivity contribution is 7.90. The molecular formula is C22H21N3O3S. The van der Waals surface area contributed by atoms with Gasteiger partial charge in [0.25, 0.3) is 0 Å². The predicted octanol–water partition coefficient (Wildman–Crippen LogP) is 3.09. The summed E-state index contributed by atoms with van der Waals surface area (Å²) in [6.45, 7) is 0. The molecule has 29 heavy (non-hydrogen) atoms. The van der Waals surface area contributed by atoms with E-state index >= 15 is 0 Å². The van der Waals surface area contributed by atoms with E-state index in [1.807, 2.05) is 18.2 Å². The van der Waals surface area contributed by atoms with Crippen LogP contribution in [0.4, 0.5) is 0 Å². The molecule has 1 unspecified atom stereocenters. The number of hydrogen-bond acceptors (Lipinski definition) is 4. The molecule has 0 saturated carbocycles. The first-order valence-corrected chi connectivity index (χ1v) is 11.2. The van der Waals surface area contributed by atoms with Crippen molar-refractivity contribution in [1.82, 2.24) is 14.9 Å². The van der Waals surface area contributed by atoms with Crippen molar-refractivity contribution < 1.29 is 13.2 Å². The summed E-state index contributed by atoms with van der Waals surface area (Å²) in [5.41, 5.74) is 3.60. The van der Waals surface area contributed by atoms with Crippen molar-refractivity contribution in [3.05, 3.63) is 84.0 Å². The maximum Gasteiger partial charge on any atom is 0.244 e. The molecule has 1 atom stereocenters. The van der Waals surface area contributed by atoms with Crippen molar-refractivity contribution in [2.45, 2.75) is 23.8 Å². The van der Waals surface area contributed by atoms with Gasteiger partial charge in [-0.1, -0.05) is 30.3 Å². The number of nitrogens with zero attached hydrogens (tertiary/aromatic N) is 2. The number of carbonyl (C=O) groups is 1. The van der Waals surface area contributed by atoms with Crippen molar-refractivity contribution in [2.75, 3.05) is 6.26 Å². The molecule has 1 N–H and O–H groups in total. The van der Waals surface area contributed by atoms with Gasteiger partial charge in [-0.2, -0.15) is 0 Å². The van der Waals surface area contributed by atoms with Crippen LogP contribution in [0.2, 0.25) is 0 Å². The monoisotopic (exact) mass is 407 g/mol. The Balaban J connectivity index is 1.53. The number of hydrogen-bond donors (Lipinski definition) is 1. The third-order valence-corrected chi connectivity index (χ3v) is 6.17. The molecular weight excluding hydrogens is 386 g/mol. The first-order valence-electron chi connectivity index (χ1n) is 9.30. The highest BCUT2D eigenvalue weighted by atomic mass is 32.2. The Morgan fingerprint density at radius 3 is 2.83 bits per heavy atom. The zero-order valence-electron chi connectivity index (χ0n) is 15.9. The molecule has 0 spiro atoms. The van der Waals surface area contributed by atoms with E-state index in [0.717, 1.165) is 12.8 Å². The first-order chi connectivity index (χ1) is 13.9. The average Bonchev–Trinajstić information content (AvgIpc) is 3.36. The fourth-order valence-electron chi connectivity index (χ4n) is 3.65. The normalized spacial score (nSPS) is 16.1. The molecule has 1 aliphatic carbocycles. The lowest BCUT2D eigenvalue weighted by atomic mass is 10.1. The van der Waals surface area contributed by atoms with Gasteiger partial charge < -0.3 is 9.88 Å². The summed E-state index contributed by atoms with van der Waals surface area (Å²) in [5, 5.41) is 3.03. The predicted molar refractivity (Wildman–Crippen MR) is 111 cm³/mol. The standard InChI is InChI=1S/C22H21N3O3S/c1-29(27,28)21-14-16(6-10-20(21)25-13-12-23-15-25)7-11-22(26)24-19-9-8-17-4-2-3-5-18(17)19/h2-7,10-15,19H,8-9H2,1H3,(H,24,26)/b11-7+. The molecule has 0 saturated heterocycles. The van der Waals surface area contributed by atoms with E-state index in [1.165, 1.54) is 23.5 Å². The topological polar surface area (TPSA) is 81.1 Å². The first kappa shape index (κ1) is 19.1. The van der Waals surface area contributed by atoms with Crippen molar-refractivity contribution >= 4 is 21.8 Å². The van der Waals surface area contributed by atoms with Crippen LogP contribution >= 0.6 is 0 Å². The third-order valence-electron chi connectivity index (χ3n) is 5.04. The number of aryl methyl sites for hydroxylation is 1. The second kappa shape index (κ2) is 7.67. The van der Waals surface area contributed by atoms with Crippen LogP contribution in [-0.4, -0.2) is 30.1 Å². The number of rotatable bonds is 5. The second-order valence-electron chi connectivity index (χ2n) is 7.10. The molecule has 1 heterocycles. The second-order valence-corrected chi connectivity index (χ2v) is 9.09. The van der Waals surface area contributed by atoms with Gasteiger partial charge in [-0.3, -0.25) is 4.79 Å². The van der Waals surface area contributed by atoms with Crippen LogP contribution in [0.1, 0.15) is 29.2 Å². The molecule has 148 valence electrons. The Morgan fingerprint density at radius 1 is 1.24 bits per heavy atom. The molecule has 2 aromatic carbocycles. The van der Waals surface area contributed by atoms with Crippen LogP contribution in [0, 0.1) is 0 Å². The van der Waals surface area contributed by atoms with E-state index in [4.69, 9.17) is 0 Å². The summed E-state index contributed by atoms with van der Waals surface area (Å²) in [7, 11) is -3.46. The number of aromatic nitrogens is 2. The minimum Gasteiger partial charge on any atom is -0.346 e. The quantitative estimate of drug-likeness (QED) is 0.659. The van der Waals surface area contributed by atoms with Crippen LogP contribution in [0.5, 0.6) is 0 Å². The van der Waals surface area contributed by atoms with Crippen LogP contribution in [0.3, 0.4) is 0 Å². The van der Waals surface area contributed by atoms with Gasteiger partial charge in [-0.15, -0.1) is 0 Å². The number of carbonyl (C=O) groups excluding carboxylic acids is 1. The summed E-state index contributed by atoms with van der Waals surface area (Å²) < 4.78 is 26.1. The van der Waals surface area contributed by atoms with Gasteiger partial charge in [0.1, 0.15) is 0 Å². The van der Waals surface area contributed by atoms with Crippen molar-refractivity contribution in [2.24, 2.45) is 0 Å². The summed E-state index contributed by atoms with van der Waals surface area (Å²) >= 11 is 0. The van der Waals surface area contributed by atoms with Gasteiger partial charge in [-0.05, 0) is 47.7 Å². The van der Waals surface area contributed by atoms with E-state index in [-0.39, 0.29) is 16.8 Å². The SMILES string of the molecule is CS(=O)(=O)c1cc(/C=C/C(=O)NC2CCc3ccccc32)ccc1-n1ccnc1. The Labute approximate surface area is 169 Å². The molecule has 6 nitrogen and oxygen atoms in total. The summed E-state index contributed by atoms with van der Waals surface area (Å²) in [6, 6.07) is 13.2. The van der Waals surface area contributed by atoms with Crippen LogP contribution in [-0.2, 0) is 21.1 Å². The van der Waals surface area contributed by atoms with Gasteiger partial charge in [-0.25, -0.2) is 13.4 Å². The van der Waals surface area contributed by atoms with Crippen LogP contribution in [0.15, 0.2) is 72.2 Å². The summed E-state index contributed by atoms with van der Waals surface area (Å²) in [4.78, 5) is 16.5. The smallest absolute Gasteiger partial charge is 0.244 e. The number of sulfone groups is 1. The molecule has 0 bridgehead atoms. The summed E-state index contributed by atoms with van der Waals surface area (Å²) in [5.74, 6) is -0.203. The molecule has 7 heteroatoms. The van der Waals surface area contributed by atoms with Gasteiger partial charge >= 0.3 is 0 Å². The number of imidazole rings is 1. The van der Waals surface area contributed by atoms with E-state index in [0.29, 0.717) is 11.3 Å². The zero-order chi connectivity index (χ0) is 20.4. The molecule has 1 amide bonds. The Hall–Kier alpha value is -3.19. The van der Waals surface area contributed by atoms with Crippen molar-refractivity contribution in [1.29, 1.82) is 0 Å². The van der Waals surface area contributed by atoms with Gasteiger partial charge in [0.2, 0.25) is 5.91 Å². The maximum atomic E-state index is 12.4. The number of nitrogens with one attached hydrogen (secondary N) is 1. The lowest BCUT2D eigenvalue weighted by molar-refractivity contribution is -0.117. The molecule has 0 aliphatic heterocycles. The molecule has 0 radical (unpaired) electrons. The highest BCUT2D eigenvalue weighted by Gasteiger charge is 2.22. The third kappa shape index (κ3) is 4.14. The number of amides is 1. The molecule has 0 fully saturated rings. The highest BCUT2D eigenvalue weighted by Crippen LogP contribution is 2.30. The fourth-order valence-corrected chi connectivity index (χ4v) is 4.55. The van der Waals surface area contributed by atoms with E-state index in [2.05, 4.69) is 16.4 Å². The minimum atomic E-state index is -3.46. The fraction of sp³-hybridized carbons (Fsp3) is 0.182. The van der Waals surface area contributed by atoms with E-state index in [1.54, 1.807) is 47.6 Å². The molecule has 1 aliphatic rings. The lowest BCUT2D eigenvalue weighted by Crippen LogP contribution is -2.25. The Bertz CT molecular complexity index is 1180. The molecule has 3 aromatic rings.